The first-order chi connectivity index (χ1) is 13.9. The van der Waals surface area contributed by atoms with Crippen molar-refractivity contribution in [3.05, 3.63) is 65.2 Å². The van der Waals surface area contributed by atoms with Crippen LogP contribution in [0.1, 0.15) is 34.8 Å². The molecule has 3 N–H and O–H groups in total. The molecule has 8 nitrogen and oxygen atoms in total. The highest BCUT2D eigenvalue weighted by atomic mass is 16.5. The Balaban J connectivity index is 1.50. The Kier molecular flexibility index (Phi) is 6.23. The highest BCUT2D eigenvalue weighted by Crippen LogP contribution is 2.24. The van der Waals surface area contributed by atoms with Gasteiger partial charge in [-0.15, -0.1) is 0 Å². The van der Waals surface area contributed by atoms with Crippen molar-refractivity contribution in [3.8, 4) is 0 Å². The molecule has 0 saturated carbocycles. The topological polar surface area (TPSA) is 114 Å². The predicted molar refractivity (Wildman–Crippen MR) is 105 cm³/mol. The van der Waals surface area contributed by atoms with Crippen LogP contribution in [0.3, 0.4) is 0 Å². The first-order valence-corrected chi connectivity index (χ1v) is 9.19. The number of carbonyl (C=O) groups excluding carboxylic acids is 4. The summed E-state index contributed by atoms with van der Waals surface area (Å²) >= 11 is 0. The number of rotatable bonds is 5. The molecular weight excluding hydrogens is 374 g/mol. The van der Waals surface area contributed by atoms with Crippen LogP contribution in [0.15, 0.2) is 48.5 Å². The molecule has 150 valence electrons. The Morgan fingerprint density at radius 1 is 1.10 bits per heavy atom. The summed E-state index contributed by atoms with van der Waals surface area (Å²) in [6.07, 6.45) is -0.275. The van der Waals surface area contributed by atoms with E-state index in [9.17, 15) is 19.2 Å². The van der Waals surface area contributed by atoms with Crippen LogP contribution in [0.2, 0.25) is 0 Å². The molecule has 1 unspecified atom stereocenters. The first kappa shape index (κ1) is 20.1. The van der Waals surface area contributed by atoms with E-state index in [1.807, 2.05) is 30.3 Å². The largest absolute Gasteiger partial charge is 0.449 e. The minimum absolute atomic E-state index is 0.0661. The number of amides is 4. The number of esters is 1. The number of fused-ring (bicyclic) bond motifs is 1. The number of hydrogen-bond donors (Lipinski definition) is 3. The summed E-state index contributed by atoms with van der Waals surface area (Å²) in [6, 6.07) is 13.3. The maximum atomic E-state index is 12.3. The molecule has 1 aliphatic rings. The fourth-order valence-corrected chi connectivity index (χ4v) is 2.83. The number of aryl methyl sites for hydroxylation is 1. The molecule has 8 heteroatoms. The van der Waals surface area contributed by atoms with Crippen LogP contribution in [0.5, 0.6) is 0 Å². The number of carbonyl (C=O) groups is 4. The third-order valence-electron chi connectivity index (χ3n) is 4.42. The van der Waals surface area contributed by atoms with Crippen LogP contribution >= 0.6 is 0 Å². The minimum atomic E-state index is -1.15. The zero-order valence-corrected chi connectivity index (χ0v) is 15.9. The summed E-state index contributed by atoms with van der Waals surface area (Å²) in [5.74, 6) is -1.48. The average Bonchev–Trinajstić information content (AvgIpc) is 2.72. The van der Waals surface area contributed by atoms with E-state index in [1.54, 1.807) is 12.1 Å². The molecule has 2 aromatic rings. The van der Waals surface area contributed by atoms with E-state index in [1.165, 1.54) is 13.0 Å². The van der Waals surface area contributed by atoms with E-state index in [2.05, 4.69) is 16.0 Å². The van der Waals surface area contributed by atoms with Crippen molar-refractivity contribution in [2.24, 2.45) is 0 Å². The highest BCUT2D eigenvalue weighted by Gasteiger charge is 2.22. The monoisotopic (exact) mass is 395 g/mol. The highest BCUT2D eigenvalue weighted by molar-refractivity contribution is 5.99. The van der Waals surface area contributed by atoms with Crippen molar-refractivity contribution in [3.63, 3.8) is 0 Å². The van der Waals surface area contributed by atoms with Crippen LogP contribution in [-0.2, 0) is 27.3 Å². The van der Waals surface area contributed by atoms with Crippen molar-refractivity contribution >= 4 is 29.5 Å². The van der Waals surface area contributed by atoms with Gasteiger partial charge in [-0.2, -0.15) is 0 Å². The normalized spacial score (nSPS) is 13.5. The quantitative estimate of drug-likeness (QED) is 0.671. The molecule has 0 bridgehead atoms. The second kappa shape index (κ2) is 9.01. The molecule has 4 amide bonds. The summed E-state index contributed by atoms with van der Waals surface area (Å²) in [7, 11) is 0. The van der Waals surface area contributed by atoms with Gasteiger partial charge in [0.25, 0.3) is 5.91 Å². The summed E-state index contributed by atoms with van der Waals surface area (Å²) in [5, 5.41) is 7.44. The van der Waals surface area contributed by atoms with E-state index in [-0.39, 0.29) is 18.0 Å². The van der Waals surface area contributed by atoms with Crippen LogP contribution in [0, 0.1) is 0 Å². The van der Waals surface area contributed by atoms with E-state index in [0.717, 1.165) is 11.1 Å². The lowest BCUT2D eigenvalue weighted by atomic mass is 10.0. The second-order valence-electron chi connectivity index (χ2n) is 6.63. The molecule has 0 saturated heterocycles. The molecule has 0 aromatic heterocycles. The van der Waals surface area contributed by atoms with E-state index in [0.29, 0.717) is 18.5 Å². The lowest BCUT2D eigenvalue weighted by Crippen LogP contribution is -2.44. The number of benzene rings is 2. The zero-order valence-electron chi connectivity index (χ0n) is 15.9. The molecule has 0 radical (unpaired) electrons. The Morgan fingerprint density at radius 3 is 2.62 bits per heavy atom. The van der Waals surface area contributed by atoms with Crippen LogP contribution in [0.4, 0.5) is 10.5 Å². The van der Waals surface area contributed by atoms with Gasteiger partial charge < -0.3 is 15.4 Å². The third kappa shape index (κ3) is 5.41. The molecule has 2 aromatic carbocycles. The van der Waals surface area contributed by atoms with Crippen molar-refractivity contribution in [1.29, 1.82) is 0 Å². The fraction of sp³-hybridized carbons (Fsp3) is 0.238. The standard InChI is InChI=1S/C21H21N3O5/c1-13(19(26)24-21(28)22-12-14-5-3-2-4-6-14)29-20(27)16-7-9-17-15(11-16)8-10-18(25)23-17/h2-7,9,11,13H,8,10,12H2,1H3,(H,23,25)(H2,22,24,26,28). The van der Waals surface area contributed by atoms with Crippen LogP contribution in [0.25, 0.3) is 0 Å². The number of ether oxygens (including phenoxy) is 1. The predicted octanol–water partition coefficient (Wildman–Crippen LogP) is 2.14. The Bertz CT molecular complexity index is 943. The maximum absolute atomic E-state index is 12.3. The lowest BCUT2D eigenvalue weighted by Gasteiger charge is -2.18. The molecule has 0 spiro atoms. The molecule has 1 heterocycles. The van der Waals surface area contributed by atoms with Crippen molar-refractivity contribution in [1.82, 2.24) is 10.6 Å². The molecule has 29 heavy (non-hydrogen) atoms. The Labute approximate surface area is 167 Å². The van der Waals surface area contributed by atoms with Gasteiger partial charge in [-0.1, -0.05) is 30.3 Å². The number of urea groups is 1. The molecule has 0 fully saturated rings. The molecular formula is C21H21N3O5. The summed E-state index contributed by atoms with van der Waals surface area (Å²) in [4.78, 5) is 47.7. The second-order valence-corrected chi connectivity index (χ2v) is 6.63. The molecule has 1 atom stereocenters. The van der Waals surface area contributed by atoms with Gasteiger partial charge in [0.15, 0.2) is 6.10 Å². The zero-order chi connectivity index (χ0) is 20.8. The maximum Gasteiger partial charge on any atom is 0.338 e. The number of anilines is 1. The van der Waals surface area contributed by atoms with Gasteiger partial charge in [0, 0.05) is 18.7 Å². The van der Waals surface area contributed by atoms with E-state index >= 15 is 0 Å². The fourth-order valence-electron chi connectivity index (χ4n) is 2.83. The van der Waals surface area contributed by atoms with Crippen LogP contribution < -0.4 is 16.0 Å². The van der Waals surface area contributed by atoms with Gasteiger partial charge in [0.2, 0.25) is 5.91 Å². The molecule has 0 aliphatic carbocycles. The molecule has 3 rings (SSSR count). The Hall–Kier alpha value is -3.68. The summed E-state index contributed by atoms with van der Waals surface area (Å²) < 4.78 is 5.16. The van der Waals surface area contributed by atoms with Gasteiger partial charge in [0.05, 0.1) is 5.56 Å². The first-order valence-electron chi connectivity index (χ1n) is 9.19. The number of hydrogen-bond acceptors (Lipinski definition) is 5. The average molecular weight is 395 g/mol. The van der Waals surface area contributed by atoms with Gasteiger partial charge >= 0.3 is 12.0 Å². The molecule has 1 aliphatic heterocycles. The summed E-state index contributed by atoms with van der Waals surface area (Å²) in [6.45, 7) is 1.65. The van der Waals surface area contributed by atoms with Crippen LogP contribution in [-0.4, -0.2) is 29.9 Å². The lowest BCUT2D eigenvalue weighted by molar-refractivity contribution is -0.128. The summed E-state index contributed by atoms with van der Waals surface area (Å²) in [5.41, 5.74) is 2.65. The van der Waals surface area contributed by atoms with Crippen molar-refractivity contribution < 1.29 is 23.9 Å². The van der Waals surface area contributed by atoms with Gasteiger partial charge in [-0.05, 0) is 42.7 Å². The third-order valence-corrected chi connectivity index (χ3v) is 4.42. The van der Waals surface area contributed by atoms with Crippen molar-refractivity contribution in [2.45, 2.75) is 32.4 Å². The van der Waals surface area contributed by atoms with Gasteiger partial charge in [-0.25, -0.2) is 9.59 Å². The number of imide groups is 1. The Morgan fingerprint density at radius 2 is 1.86 bits per heavy atom. The van der Waals surface area contributed by atoms with Crippen molar-refractivity contribution in [2.75, 3.05) is 5.32 Å². The minimum Gasteiger partial charge on any atom is -0.449 e. The van der Waals surface area contributed by atoms with Gasteiger partial charge in [0.1, 0.15) is 0 Å². The smallest absolute Gasteiger partial charge is 0.338 e. The van der Waals surface area contributed by atoms with E-state index < -0.39 is 24.0 Å². The SMILES string of the molecule is CC(OC(=O)c1ccc2c(c1)CCC(=O)N2)C(=O)NC(=O)NCc1ccccc1. The number of nitrogens with one attached hydrogen (secondary N) is 3. The van der Waals surface area contributed by atoms with Gasteiger partial charge in [-0.3, -0.25) is 14.9 Å². The van der Waals surface area contributed by atoms with E-state index in [4.69, 9.17) is 4.74 Å².